The van der Waals surface area contributed by atoms with E-state index in [4.69, 9.17) is 5.73 Å². The second kappa shape index (κ2) is 5.14. The number of nitrogens with two attached hydrogens (primary N) is 1. The van der Waals surface area contributed by atoms with Crippen molar-refractivity contribution in [2.24, 2.45) is 5.73 Å². The van der Waals surface area contributed by atoms with E-state index >= 15 is 0 Å². The predicted octanol–water partition coefficient (Wildman–Crippen LogP) is 1.16. The van der Waals surface area contributed by atoms with Crippen LogP contribution >= 0.6 is 0 Å². The van der Waals surface area contributed by atoms with Crippen molar-refractivity contribution in [2.45, 2.75) is 18.9 Å². The highest BCUT2D eigenvalue weighted by molar-refractivity contribution is 5.98. The van der Waals surface area contributed by atoms with Crippen molar-refractivity contribution in [3.8, 4) is 0 Å². The first-order valence-corrected chi connectivity index (χ1v) is 5.88. The van der Waals surface area contributed by atoms with Gasteiger partial charge in [0.2, 0.25) is 0 Å². The van der Waals surface area contributed by atoms with Gasteiger partial charge < -0.3 is 10.6 Å². The standard InChI is InChI=1S/C12H15N3O3/c13-9-4-3-7-14(8-9)12(16)10-5-1-2-6-11(10)15(17)18/h1-2,5-6,9H,3-4,7-8,13H2/t9-/m1/s1. The zero-order chi connectivity index (χ0) is 13.1. The molecule has 0 aliphatic carbocycles. The minimum Gasteiger partial charge on any atom is -0.337 e. The van der Waals surface area contributed by atoms with Crippen LogP contribution in [0.5, 0.6) is 0 Å². The van der Waals surface area contributed by atoms with Gasteiger partial charge in [0.1, 0.15) is 5.56 Å². The van der Waals surface area contributed by atoms with E-state index in [1.165, 1.54) is 12.1 Å². The Morgan fingerprint density at radius 2 is 2.17 bits per heavy atom. The Labute approximate surface area is 105 Å². The molecule has 18 heavy (non-hydrogen) atoms. The lowest BCUT2D eigenvalue weighted by Crippen LogP contribution is -2.45. The molecule has 1 saturated heterocycles. The maximum atomic E-state index is 12.2. The fourth-order valence-electron chi connectivity index (χ4n) is 2.18. The molecule has 0 saturated carbocycles. The number of hydrogen-bond acceptors (Lipinski definition) is 4. The van der Waals surface area contributed by atoms with Crippen LogP contribution in [0.25, 0.3) is 0 Å². The van der Waals surface area contributed by atoms with E-state index in [1.54, 1.807) is 17.0 Å². The topological polar surface area (TPSA) is 89.5 Å². The third kappa shape index (κ3) is 2.48. The van der Waals surface area contributed by atoms with E-state index < -0.39 is 4.92 Å². The maximum Gasteiger partial charge on any atom is 0.282 e. The number of likely N-dealkylation sites (tertiary alicyclic amines) is 1. The summed E-state index contributed by atoms with van der Waals surface area (Å²) in [7, 11) is 0. The molecule has 1 atom stereocenters. The van der Waals surface area contributed by atoms with Crippen molar-refractivity contribution in [1.82, 2.24) is 4.90 Å². The predicted molar refractivity (Wildman–Crippen MR) is 66.2 cm³/mol. The molecule has 1 aliphatic rings. The first kappa shape index (κ1) is 12.5. The lowest BCUT2D eigenvalue weighted by molar-refractivity contribution is -0.385. The maximum absolute atomic E-state index is 12.2. The van der Waals surface area contributed by atoms with Crippen LogP contribution in [-0.4, -0.2) is 34.9 Å². The van der Waals surface area contributed by atoms with E-state index in [0.717, 1.165) is 12.8 Å². The lowest BCUT2D eigenvalue weighted by Gasteiger charge is -2.30. The normalized spacial score (nSPS) is 19.6. The van der Waals surface area contributed by atoms with Gasteiger partial charge >= 0.3 is 0 Å². The van der Waals surface area contributed by atoms with Crippen molar-refractivity contribution in [1.29, 1.82) is 0 Å². The average Bonchev–Trinajstić information content (AvgIpc) is 2.38. The summed E-state index contributed by atoms with van der Waals surface area (Å²) in [5.74, 6) is -0.308. The summed E-state index contributed by atoms with van der Waals surface area (Å²) in [6.45, 7) is 1.07. The number of hydrogen-bond donors (Lipinski definition) is 1. The molecule has 6 nitrogen and oxygen atoms in total. The minimum absolute atomic E-state index is 0.0366. The van der Waals surface area contributed by atoms with Crippen LogP contribution in [0.3, 0.4) is 0 Å². The van der Waals surface area contributed by atoms with Gasteiger partial charge in [-0.25, -0.2) is 0 Å². The number of rotatable bonds is 2. The van der Waals surface area contributed by atoms with E-state index in [0.29, 0.717) is 13.1 Å². The highest BCUT2D eigenvalue weighted by atomic mass is 16.6. The van der Waals surface area contributed by atoms with Crippen LogP contribution < -0.4 is 5.73 Å². The first-order chi connectivity index (χ1) is 8.59. The Bertz CT molecular complexity index is 475. The van der Waals surface area contributed by atoms with Gasteiger partial charge in [-0.3, -0.25) is 14.9 Å². The van der Waals surface area contributed by atoms with Crippen LogP contribution in [0, 0.1) is 10.1 Å². The summed E-state index contributed by atoms with van der Waals surface area (Å²) in [6.07, 6.45) is 1.73. The van der Waals surface area contributed by atoms with Crippen LogP contribution in [0.4, 0.5) is 5.69 Å². The molecule has 1 aromatic rings. The molecule has 0 bridgehead atoms. The highest BCUT2D eigenvalue weighted by Crippen LogP contribution is 2.21. The quantitative estimate of drug-likeness (QED) is 0.629. The largest absolute Gasteiger partial charge is 0.337 e. The fourth-order valence-corrected chi connectivity index (χ4v) is 2.18. The number of nitrogens with zero attached hydrogens (tertiary/aromatic N) is 2. The van der Waals surface area contributed by atoms with Gasteiger partial charge in [0.15, 0.2) is 0 Å². The Hall–Kier alpha value is -1.95. The van der Waals surface area contributed by atoms with Crippen molar-refractivity contribution in [3.05, 3.63) is 39.9 Å². The van der Waals surface area contributed by atoms with Gasteiger partial charge in [-0.05, 0) is 18.9 Å². The van der Waals surface area contributed by atoms with Crippen molar-refractivity contribution < 1.29 is 9.72 Å². The summed E-state index contributed by atoms with van der Waals surface area (Å²) < 4.78 is 0. The summed E-state index contributed by atoms with van der Waals surface area (Å²) >= 11 is 0. The Morgan fingerprint density at radius 1 is 1.44 bits per heavy atom. The zero-order valence-electron chi connectivity index (χ0n) is 9.91. The SMILES string of the molecule is N[C@@H]1CCCN(C(=O)c2ccccc2[N+](=O)[O-])C1. The van der Waals surface area contributed by atoms with Gasteiger partial charge in [-0.2, -0.15) is 0 Å². The molecule has 0 radical (unpaired) electrons. The molecule has 2 rings (SSSR count). The van der Waals surface area contributed by atoms with Gasteiger partial charge in [-0.15, -0.1) is 0 Å². The number of carbonyl (C=O) groups excluding carboxylic acids is 1. The van der Waals surface area contributed by atoms with Crippen LogP contribution in [0.1, 0.15) is 23.2 Å². The van der Waals surface area contributed by atoms with E-state index in [1.807, 2.05) is 0 Å². The third-order valence-corrected chi connectivity index (χ3v) is 3.08. The minimum atomic E-state index is -0.531. The molecule has 0 aromatic heterocycles. The number of amides is 1. The second-order valence-corrected chi connectivity index (χ2v) is 4.43. The van der Waals surface area contributed by atoms with E-state index in [9.17, 15) is 14.9 Å². The van der Waals surface area contributed by atoms with Crippen molar-refractivity contribution in [3.63, 3.8) is 0 Å². The molecule has 96 valence electrons. The summed E-state index contributed by atoms with van der Waals surface area (Å²) in [5.41, 5.74) is 5.80. The van der Waals surface area contributed by atoms with Crippen molar-refractivity contribution >= 4 is 11.6 Å². The van der Waals surface area contributed by atoms with Gasteiger partial charge in [0.25, 0.3) is 11.6 Å². The smallest absolute Gasteiger partial charge is 0.282 e. The van der Waals surface area contributed by atoms with Crippen LogP contribution in [0.15, 0.2) is 24.3 Å². The fraction of sp³-hybridized carbons (Fsp3) is 0.417. The zero-order valence-corrected chi connectivity index (χ0v) is 9.91. The highest BCUT2D eigenvalue weighted by Gasteiger charge is 2.27. The number of nitro benzene ring substituents is 1. The van der Waals surface area contributed by atoms with E-state index in [2.05, 4.69) is 0 Å². The van der Waals surface area contributed by atoms with Crippen LogP contribution in [-0.2, 0) is 0 Å². The van der Waals surface area contributed by atoms with E-state index in [-0.39, 0.29) is 23.2 Å². The molecular weight excluding hydrogens is 234 g/mol. The number of benzene rings is 1. The summed E-state index contributed by atoms with van der Waals surface area (Å²) in [6, 6.07) is 5.98. The van der Waals surface area contributed by atoms with Crippen molar-refractivity contribution in [2.75, 3.05) is 13.1 Å². The number of para-hydroxylation sites is 1. The molecule has 0 spiro atoms. The van der Waals surface area contributed by atoms with Crippen LogP contribution in [0.2, 0.25) is 0 Å². The van der Waals surface area contributed by atoms with Gasteiger partial charge in [0, 0.05) is 25.2 Å². The third-order valence-electron chi connectivity index (χ3n) is 3.08. The Kier molecular flexibility index (Phi) is 3.57. The average molecular weight is 249 g/mol. The van der Waals surface area contributed by atoms with Gasteiger partial charge in [0.05, 0.1) is 4.92 Å². The summed E-state index contributed by atoms with van der Waals surface area (Å²) in [5, 5.41) is 10.9. The number of carbonyl (C=O) groups is 1. The van der Waals surface area contributed by atoms with Gasteiger partial charge in [-0.1, -0.05) is 12.1 Å². The molecule has 1 amide bonds. The molecule has 1 fully saturated rings. The Balaban J connectivity index is 2.25. The Morgan fingerprint density at radius 3 is 2.83 bits per heavy atom. The lowest BCUT2D eigenvalue weighted by atomic mass is 10.0. The first-order valence-electron chi connectivity index (χ1n) is 5.88. The molecular formula is C12H15N3O3. The molecule has 2 N–H and O–H groups in total. The second-order valence-electron chi connectivity index (χ2n) is 4.43. The molecule has 1 aliphatic heterocycles. The summed E-state index contributed by atoms with van der Waals surface area (Å²) in [4.78, 5) is 24.2. The number of nitro groups is 1. The molecule has 6 heteroatoms. The monoisotopic (exact) mass is 249 g/mol. The number of piperidine rings is 1. The molecule has 1 heterocycles. The molecule has 1 aromatic carbocycles. The molecule has 0 unspecified atom stereocenters.